The smallest absolute Gasteiger partial charge is 0.343 e. The zero-order valence-corrected chi connectivity index (χ0v) is 20.8. The number of aromatic nitrogens is 2. The van der Waals surface area contributed by atoms with Gasteiger partial charge in [-0.2, -0.15) is 0 Å². The normalized spacial score (nSPS) is 19.1. The van der Waals surface area contributed by atoms with E-state index in [1.807, 2.05) is 24.5 Å². The van der Waals surface area contributed by atoms with Crippen molar-refractivity contribution >= 4 is 5.97 Å². The molecule has 0 aliphatic carbocycles. The van der Waals surface area contributed by atoms with E-state index in [0.29, 0.717) is 11.6 Å². The summed E-state index contributed by atoms with van der Waals surface area (Å²) in [5.41, 5.74) is 2.03. The molecule has 1 aromatic heterocycles. The number of aryl methyl sites for hydroxylation is 1. The Labute approximate surface area is 203 Å². The Morgan fingerprint density at radius 1 is 1.00 bits per heavy atom. The summed E-state index contributed by atoms with van der Waals surface area (Å²) in [6.07, 6.45) is 15.5. The van der Waals surface area contributed by atoms with E-state index in [9.17, 15) is 4.79 Å². The van der Waals surface area contributed by atoms with E-state index in [2.05, 4.69) is 23.5 Å². The standard InChI is InChI=1S/C28H38N2O4/c1-5-7-8-9-10-11-12-13-14-21-19-29-26(30-20-21)22-15-17-23(18-16-22)32-27(31)25-24(6-2)33-28(3,4)34-25/h6,15-20,24-25H,2,5,7-14H2,1,3-4H3/t24-,25-/m1/s1. The van der Waals surface area contributed by atoms with Crippen molar-refractivity contribution in [3.8, 4) is 17.1 Å². The molecule has 0 bridgehead atoms. The Balaban J connectivity index is 1.45. The van der Waals surface area contributed by atoms with Gasteiger partial charge in [0.05, 0.1) is 0 Å². The quantitative estimate of drug-likeness (QED) is 0.146. The molecule has 0 unspecified atom stereocenters. The lowest BCUT2D eigenvalue weighted by Gasteiger charge is -2.16. The lowest BCUT2D eigenvalue weighted by Crippen LogP contribution is -2.34. The molecule has 6 heteroatoms. The molecule has 34 heavy (non-hydrogen) atoms. The maximum absolute atomic E-state index is 12.6. The van der Waals surface area contributed by atoms with Gasteiger partial charge in [-0.15, -0.1) is 6.58 Å². The number of hydrogen-bond donors (Lipinski definition) is 0. The van der Waals surface area contributed by atoms with Crippen molar-refractivity contribution in [2.24, 2.45) is 0 Å². The summed E-state index contributed by atoms with van der Waals surface area (Å²) in [5.74, 6) is -0.288. The van der Waals surface area contributed by atoms with Gasteiger partial charge in [-0.1, -0.05) is 57.9 Å². The van der Waals surface area contributed by atoms with E-state index >= 15 is 0 Å². The highest BCUT2D eigenvalue weighted by atomic mass is 16.8. The largest absolute Gasteiger partial charge is 0.425 e. The third-order valence-electron chi connectivity index (χ3n) is 5.95. The lowest BCUT2D eigenvalue weighted by atomic mass is 10.1. The van der Waals surface area contributed by atoms with Crippen LogP contribution in [0.4, 0.5) is 0 Å². The number of carbonyl (C=O) groups is 1. The van der Waals surface area contributed by atoms with Crippen molar-refractivity contribution in [2.45, 2.75) is 96.6 Å². The molecule has 0 spiro atoms. The van der Waals surface area contributed by atoms with Crippen LogP contribution in [0.3, 0.4) is 0 Å². The summed E-state index contributed by atoms with van der Waals surface area (Å²) < 4.78 is 16.8. The Kier molecular flexibility index (Phi) is 9.78. The number of unbranched alkanes of at least 4 members (excludes halogenated alkanes) is 7. The summed E-state index contributed by atoms with van der Waals surface area (Å²) in [7, 11) is 0. The number of nitrogens with zero attached hydrogens (tertiary/aromatic N) is 2. The Bertz CT molecular complexity index is 909. The third kappa shape index (κ3) is 7.74. The number of rotatable bonds is 13. The molecule has 0 saturated carbocycles. The molecule has 184 valence electrons. The van der Waals surface area contributed by atoms with Crippen LogP contribution >= 0.6 is 0 Å². The topological polar surface area (TPSA) is 70.5 Å². The van der Waals surface area contributed by atoms with Crippen LogP contribution in [0, 0.1) is 0 Å². The van der Waals surface area contributed by atoms with E-state index in [0.717, 1.165) is 12.0 Å². The predicted octanol–water partition coefficient (Wildman–Crippen LogP) is 6.44. The Morgan fingerprint density at radius 3 is 2.24 bits per heavy atom. The Morgan fingerprint density at radius 2 is 1.62 bits per heavy atom. The van der Waals surface area contributed by atoms with Crippen LogP contribution in [0.1, 0.15) is 77.7 Å². The lowest BCUT2D eigenvalue weighted by molar-refractivity contribution is -0.163. The summed E-state index contributed by atoms with van der Waals surface area (Å²) >= 11 is 0. The van der Waals surface area contributed by atoms with Crippen molar-refractivity contribution in [3.63, 3.8) is 0 Å². The minimum Gasteiger partial charge on any atom is -0.425 e. The van der Waals surface area contributed by atoms with Gasteiger partial charge >= 0.3 is 5.97 Å². The number of hydrogen-bond acceptors (Lipinski definition) is 6. The van der Waals surface area contributed by atoms with Crippen molar-refractivity contribution in [1.82, 2.24) is 9.97 Å². The highest BCUT2D eigenvalue weighted by molar-refractivity contribution is 5.78. The van der Waals surface area contributed by atoms with Crippen LogP contribution in [-0.4, -0.2) is 33.9 Å². The van der Waals surface area contributed by atoms with Crippen LogP contribution < -0.4 is 4.74 Å². The second kappa shape index (κ2) is 12.8. The first kappa shape index (κ1) is 26.0. The van der Waals surface area contributed by atoms with Crippen molar-refractivity contribution in [2.75, 3.05) is 0 Å². The van der Waals surface area contributed by atoms with Gasteiger partial charge < -0.3 is 14.2 Å². The molecule has 0 amide bonds. The maximum Gasteiger partial charge on any atom is 0.343 e. The molecule has 2 heterocycles. The average Bonchev–Trinajstić information content (AvgIpc) is 3.16. The molecular weight excluding hydrogens is 428 g/mol. The van der Waals surface area contributed by atoms with E-state index in [1.54, 1.807) is 32.1 Å². The predicted molar refractivity (Wildman–Crippen MR) is 133 cm³/mol. The van der Waals surface area contributed by atoms with Gasteiger partial charge in [0.15, 0.2) is 17.7 Å². The summed E-state index contributed by atoms with van der Waals surface area (Å²) in [5, 5.41) is 0. The van der Waals surface area contributed by atoms with Gasteiger partial charge in [-0.05, 0) is 56.5 Å². The number of carbonyl (C=O) groups excluding carboxylic acids is 1. The average molecular weight is 467 g/mol. The molecule has 6 nitrogen and oxygen atoms in total. The molecule has 2 atom stereocenters. The van der Waals surface area contributed by atoms with E-state index < -0.39 is 24.0 Å². The second-order valence-corrected chi connectivity index (χ2v) is 9.34. The second-order valence-electron chi connectivity index (χ2n) is 9.34. The van der Waals surface area contributed by atoms with Crippen molar-refractivity contribution in [1.29, 1.82) is 0 Å². The third-order valence-corrected chi connectivity index (χ3v) is 5.95. The minimum atomic E-state index is -0.857. The fourth-order valence-corrected chi connectivity index (χ4v) is 4.09. The highest BCUT2D eigenvalue weighted by Crippen LogP contribution is 2.30. The van der Waals surface area contributed by atoms with Crippen molar-refractivity contribution in [3.05, 3.63) is 54.9 Å². The molecule has 1 saturated heterocycles. The Hall–Kier alpha value is -2.57. The van der Waals surface area contributed by atoms with E-state index in [1.165, 1.54) is 56.9 Å². The molecular formula is C28H38N2O4. The molecule has 1 fully saturated rings. The summed E-state index contributed by atoms with van der Waals surface area (Å²) in [6, 6.07) is 7.15. The minimum absolute atomic E-state index is 0.427. The molecule has 1 aliphatic heterocycles. The number of ether oxygens (including phenoxy) is 3. The fourth-order valence-electron chi connectivity index (χ4n) is 4.09. The van der Waals surface area contributed by atoms with Crippen LogP contribution in [0.25, 0.3) is 11.4 Å². The SMILES string of the molecule is C=C[C@H]1OC(C)(C)O[C@H]1C(=O)Oc1ccc(-c2ncc(CCCCCCCCCC)cn2)cc1. The van der Waals surface area contributed by atoms with Gasteiger partial charge in [0, 0.05) is 18.0 Å². The molecule has 3 rings (SSSR count). The van der Waals surface area contributed by atoms with Gasteiger partial charge in [-0.3, -0.25) is 0 Å². The fraction of sp³-hybridized carbons (Fsp3) is 0.536. The molecule has 1 aliphatic rings. The summed E-state index contributed by atoms with van der Waals surface area (Å²) in [6.45, 7) is 9.47. The van der Waals surface area contributed by atoms with Gasteiger partial charge in [0.1, 0.15) is 11.9 Å². The van der Waals surface area contributed by atoms with Gasteiger partial charge in [0.2, 0.25) is 0 Å². The highest BCUT2D eigenvalue weighted by Gasteiger charge is 2.44. The van der Waals surface area contributed by atoms with E-state index in [4.69, 9.17) is 14.2 Å². The van der Waals surface area contributed by atoms with Crippen LogP contribution in [0.15, 0.2) is 49.3 Å². The first-order chi connectivity index (χ1) is 16.4. The van der Waals surface area contributed by atoms with Crippen LogP contribution in [0.5, 0.6) is 5.75 Å². The van der Waals surface area contributed by atoms with Crippen LogP contribution in [-0.2, 0) is 20.7 Å². The maximum atomic E-state index is 12.6. The number of esters is 1. The first-order valence-electron chi connectivity index (χ1n) is 12.5. The first-order valence-corrected chi connectivity index (χ1v) is 12.5. The molecule has 1 aromatic carbocycles. The zero-order valence-electron chi connectivity index (χ0n) is 20.8. The van der Waals surface area contributed by atoms with Gasteiger partial charge in [-0.25, -0.2) is 14.8 Å². The zero-order chi connectivity index (χ0) is 24.4. The monoisotopic (exact) mass is 466 g/mol. The molecule has 0 N–H and O–H groups in total. The molecule has 0 radical (unpaired) electrons. The number of benzene rings is 1. The van der Waals surface area contributed by atoms with E-state index in [-0.39, 0.29) is 0 Å². The van der Waals surface area contributed by atoms with Crippen molar-refractivity contribution < 1.29 is 19.0 Å². The van der Waals surface area contributed by atoms with Crippen LogP contribution in [0.2, 0.25) is 0 Å². The summed E-state index contributed by atoms with van der Waals surface area (Å²) in [4.78, 5) is 21.6. The van der Waals surface area contributed by atoms with Gasteiger partial charge in [0.25, 0.3) is 0 Å². The molecule has 2 aromatic rings.